The van der Waals surface area contributed by atoms with E-state index in [0.29, 0.717) is 43.7 Å². The average molecular weight is 352 g/mol. The zero-order valence-electron chi connectivity index (χ0n) is 14.3. The van der Waals surface area contributed by atoms with E-state index in [1.807, 2.05) is 12.1 Å². The van der Waals surface area contributed by atoms with Gasteiger partial charge in [0.25, 0.3) is 11.5 Å². The van der Waals surface area contributed by atoms with Crippen molar-refractivity contribution in [3.05, 3.63) is 63.3 Å². The molecule has 1 aliphatic carbocycles. The second kappa shape index (κ2) is 6.84. The van der Waals surface area contributed by atoms with Crippen LogP contribution in [0, 0.1) is 0 Å². The summed E-state index contributed by atoms with van der Waals surface area (Å²) in [6.07, 6.45) is 5.27. The van der Waals surface area contributed by atoms with Crippen molar-refractivity contribution in [2.24, 2.45) is 0 Å². The van der Waals surface area contributed by atoms with E-state index in [1.54, 1.807) is 17.3 Å². The van der Waals surface area contributed by atoms with Crippen molar-refractivity contribution in [2.45, 2.75) is 25.3 Å². The molecule has 1 amide bonds. The number of ketones is 1. The molecule has 7 heteroatoms. The van der Waals surface area contributed by atoms with Crippen molar-refractivity contribution < 1.29 is 9.59 Å². The normalized spacial score (nSPS) is 19.9. The highest BCUT2D eigenvalue weighted by Crippen LogP contribution is 2.24. The third-order valence-electron chi connectivity index (χ3n) is 5.06. The minimum absolute atomic E-state index is 0.0133. The smallest absolute Gasteiger partial charge is 0.261 e. The number of Topliss-reactive ketones (excluding diaryl/α,β-unsaturated/α-hetero) is 1. The third-order valence-corrected chi connectivity index (χ3v) is 5.06. The summed E-state index contributed by atoms with van der Waals surface area (Å²) in [5.41, 5.74) is 1.65. The molecule has 1 fully saturated rings. The highest BCUT2D eigenvalue weighted by Gasteiger charge is 2.31. The monoisotopic (exact) mass is 352 g/mol. The van der Waals surface area contributed by atoms with Crippen LogP contribution in [0.1, 0.15) is 50.9 Å². The van der Waals surface area contributed by atoms with Gasteiger partial charge in [-0.2, -0.15) is 0 Å². The number of carbonyl (C=O) groups excluding carboxylic acids is 2. The number of fused-ring (bicyclic) bond motifs is 1. The maximum absolute atomic E-state index is 13.1. The van der Waals surface area contributed by atoms with E-state index in [2.05, 4.69) is 15.3 Å². The first kappa shape index (κ1) is 16.7. The van der Waals surface area contributed by atoms with Crippen LogP contribution in [0.2, 0.25) is 0 Å². The van der Waals surface area contributed by atoms with Crippen LogP contribution in [0.15, 0.2) is 35.4 Å². The van der Waals surface area contributed by atoms with Gasteiger partial charge in [-0.05, 0) is 30.5 Å². The lowest BCUT2D eigenvalue weighted by Crippen LogP contribution is -2.49. The second-order valence-corrected chi connectivity index (χ2v) is 6.69. The maximum Gasteiger partial charge on any atom is 0.261 e. The van der Waals surface area contributed by atoms with Crippen molar-refractivity contribution >= 4 is 11.7 Å². The molecule has 26 heavy (non-hydrogen) atoms. The van der Waals surface area contributed by atoms with Gasteiger partial charge in [-0.1, -0.05) is 6.07 Å². The SMILES string of the molecule is O=C1CCCc2[nH]c(=O)c(C(=O)N3CCNCC3c3cccnc3)cc21. The van der Waals surface area contributed by atoms with E-state index in [-0.39, 0.29) is 23.3 Å². The fourth-order valence-corrected chi connectivity index (χ4v) is 3.71. The van der Waals surface area contributed by atoms with Gasteiger partial charge in [-0.25, -0.2) is 0 Å². The first-order valence-corrected chi connectivity index (χ1v) is 8.86. The Kier molecular flexibility index (Phi) is 4.38. The van der Waals surface area contributed by atoms with Gasteiger partial charge in [-0.15, -0.1) is 0 Å². The van der Waals surface area contributed by atoms with Gasteiger partial charge in [0.2, 0.25) is 0 Å². The molecule has 3 heterocycles. The minimum atomic E-state index is -0.424. The lowest BCUT2D eigenvalue weighted by Gasteiger charge is -2.36. The number of aromatic nitrogens is 2. The van der Waals surface area contributed by atoms with Gasteiger partial charge in [-0.3, -0.25) is 19.4 Å². The quantitative estimate of drug-likeness (QED) is 0.843. The Morgan fingerprint density at radius 2 is 2.15 bits per heavy atom. The highest BCUT2D eigenvalue weighted by molar-refractivity contribution is 6.01. The number of rotatable bonds is 2. The van der Waals surface area contributed by atoms with Crippen LogP contribution < -0.4 is 10.9 Å². The maximum atomic E-state index is 13.1. The molecule has 0 spiro atoms. The summed E-state index contributed by atoms with van der Waals surface area (Å²) >= 11 is 0. The van der Waals surface area contributed by atoms with E-state index >= 15 is 0 Å². The highest BCUT2D eigenvalue weighted by atomic mass is 16.2. The summed E-state index contributed by atoms with van der Waals surface area (Å²) in [7, 11) is 0. The Morgan fingerprint density at radius 1 is 1.27 bits per heavy atom. The predicted molar refractivity (Wildman–Crippen MR) is 95.2 cm³/mol. The predicted octanol–water partition coefficient (Wildman–Crippen LogP) is 1.08. The van der Waals surface area contributed by atoms with Gasteiger partial charge < -0.3 is 15.2 Å². The largest absolute Gasteiger partial charge is 0.329 e. The number of H-pyrrole nitrogens is 1. The number of hydrogen-bond donors (Lipinski definition) is 2. The molecular formula is C19H20N4O3. The lowest BCUT2D eigenvalue weighted by atomic mass is 9.93. The Balaban J connectivity index is 1.71. The zero-order valence-corrected chi connectivity index (χ0v) is 14.3. The van der Waals surface area contributed by atoms with E-state index < -0.39 is 5.56 Å². The summed E-state index contributed by atoms with van der Waals surface area (Å²) in [4.78, 5) is 46.4. The Hall–Kier alpha value is -2.80. The molecule has 0 saturated carbocycles. The van der Waals surface area contributed by atoms with E-state index in [0.717, 1.165) is 12.0 Å². The molecular weight excluding hydrogens is 332 g/mol. The number of carbonyl (C=O) groups is 2. The molecule has 7 nitrogen and oxygen atoms in total. The number of pyridine rings is 2. The van der Waals surface area contributed by atoms with E-state index in [4.69, 9.17) is 0 Å². The van der Waals surface area contributed by atoms with Gasteiger partial charge in [0.05, 0.1) is 6.04 Å². The Labute approximate surface area is 150 Å². The average Bonchev–Trinajstić information content (AvgIpc) is 2.68. The van der Waals surface area contributed by atoms with Crippen LogP contribution in [0.5, 0.6) is 0 Å². The van der Waals surface area contributed by atoms with Crippen molar-refractivity contribution in [1.29, 1.82) is 0 Å². The second-order valence-electron chi connectivity index (χ2n) is 6.69. The Morgan fingerprint density at radius 3 is 2.96 bits per heavy atom. The molecule has 0 aromatic carbocycles. The van der Waals surface area contributed by atoms with Crippen LogP contribution in [0.3, 0.4) is 0 Å². The molecule has 1 atom stereocenters. The van der Waals surface area contributed by atoms with Crippen LogP contribution in [-0.2, 0) is 6.42 Å². The van der Waals surface area contributed by atoms with Crippen molar-refractivity contribution in [3.63, 3.8) is 0 Å². The van der Waals surface area contributed by atoms with Crippen molar-refractivity contribution in [1.82, 2.24) is 20.2 Å². The fraction of sp³-hybridized carbons (Fsp3) is 0.368. The minimum Gasteiger partial charge on any atom is -0.329 e. The van der Waals surface area contributed by atoms with Crippen LogP contribution >= 0.6 is 0 Å². The van der Waals surface area contributed by atoms with E-state index in [1.165, 1.54) is 6.07 Å². The van der Waals surface area contributed by atoms with Gasteiger partial charge >= 0.3 is 0 Å². The number of hydrogen-bond acceptors (Lipinski definition) is 5. The number of nitrogens with zero attached hydrogens (tertiary/aromatic N) is 2. The number of amides is 1. The molecule has 2 N–H and O–H groups in total. The van der Waals surface area contributed by atoms with Crippen LogP contribution in [-0.4, -0.2) is 46.2 Å². The standard InChI is InChI=1S/C19H20N4O3/c24-17-5-1-4-15-13(17)9-14(18(25)22-15)19(26)23-8-7-21-11-16(23)12-3-2-6-20-10-12/h2-3,6,9-10,16,21H,1,4-5,7-8,11H2,(H,22,25). The fourth-order valence-electron chi connectivity index (χ4n) is 3.71. The molecule has 1 saturated heterocycles. The number of aryl methyl sites for hydroxylation is 1. The van der Waals surface area contributed by atoms with Crippen LogP contribution in [0.4, 0.5) is 0 Å². The summed E-state index contributed by atoms with van der Waals surface area (Å²) in [5, 5.41) is 3.28. The molecule has 2 aromatic heterocycles. The summed E-state index contributed by atoms with van der Waals surface area (Å²) in [6, 6.07) is 5.04. The van der Waals surface area contributed by atoms with Gasteiger partial charge in [0, 0.05) is 49.7 Å². The zero-order chi connectivity index (χ0) is 18.1. The molecule has 134 valence electrons. The number of aromatic amines is 1. The topological polar surface area (TPSA) is 95.2 Å². The first-order valence-electron chi connectivity index (χ1n) is 8.86. The molecule has 1 aliphatic heterocycles. The summed E-state index contributed by atoms with van der Waals surface area (Å²) in [6.45, 7) is 1.74. The van der Waals surface area contributed by atoms with Gasteiger partial charge in [0.15, 0.2) is 5.78 Å². The van der Waals surface area contributed by atoms with E-state index in [9.17, 15) is 14.4 Å². The molecule has 4 rings (SSSR count). The molecule has 0 bridgehead atoms. The Bertz CT molecular complexity index is 907. The molecule has 2 aromatic rings. The van der Waals surface area contributed by atoms with Crippen molar-refractivity contribution in [2.75, 3.05) is 19.6 Å². The molecule has 0 radical (unpaired) electrons. The number of nitrogens with one attached hydrogen (secondary N) is 2. The third kappa shape index (κ3) is 2.94. The molecule has 2 aliphatic rings. The first-order chi connectivity index (χ1) is 12.6. The summed E-state index contributed by atoms with van der Waals surface area (Å²) in [5.74, 6) is -0.358. The molecule has 1 unspecified atom stereocenters. The lowest BCUT2D eigenvalue weighted by molar-refractivity contribution is 0.0632. The van der Waals surface area contributed by atoms with Gasteiger partial charge in [0.1, 0.15) is 5.56 Å². The van der Waals surface area contributed by atoms with Crippen molar-refractivity contribution in [3.8, 4) is 0 Å². The van der Waals surface area contributed by atoms with Crippen LogP contribution in [0.25, 0.3) is 0 Å². The number of piperazine rings is 1. The summed E-state index contributed by atoms with van der Waals surface area (Å²) < 4.78 is 0.